The van der Waals surface area contributed by atoms with Crippen molar-refractivity contribution in [3.63, 3.8) is 0 Å². The van der Waals surface area contributed by atoms with Crippen LogP contribution in [0.4, 0.5) is 5.69 Å². The lowest BCUT2D eigenvalue weighted by Gasteiger charge is -2.29. The van der Waals surface area contributed by atoms with Crippen molar-refractivity contribution in [2.24, 2.45) is 5.73 Å². The molecule has 1 amide bonds. The number of benzene rings is 1. The molecular weight excluding hydrogens is 190 g/mol. The topological polar surface area (TPSA) is 58.4 Å². The third-order valence-corrected chi connectivity index (χ3v) is 2.61. The molecule has 4 heteroatoms. The minimum absolute atomic E-state index is 0.369. The van der Waals surface area contributed by atoms with E-state index < -0.39 is 0 Å². The number of piperazine rings is 1. The quantitative estimate of drug-likeness (QED) is 0.725. The summed E-state index contributed by atoms with van der Waals surface area (Å²) < 4.78 is 0. The van der Waals surface area contributed by atoms with E-state index in [0.717, 1.165) is 31.9 Å². The number of hydrogen-bond donors (Lipinski definition) is 2. The molecule has 4 nitrogen and oxygen atoms in total. The Morgan fingerprint density at radius 2 is 2.07 bits per heavy atom. The predicted octanol–water partition coefficient (Wildman–Crippen LogP) is 0.195. The van der Waals surface area contributed by atoms with Crippen molar-refractivity contribution < 1.29 is 4.79 Å². The Morgan fingerprint density at radius 1 is 1.33 bits per heavy atom. The number of anilines is 1. The van der Waals surface area contributed by atoms with Crippen LogP contribution in [0, 0.1) is 0 Å². The highest BCUT2D eigenvalue weighted by Gasteiger charge is 2.11. The first-order valence-corrected chi connectivity index (χ1v) is 5.13. The van der Waals surface area contributed by atoms with Gasteiger partial charge in [-0.2, -0.15) is 0 Å². The van der Waals surface area contributed by atoms with Gasteiger partial charge in [-0.3, -0.25) is 4.79 Å². The minimum atomic E-state index is -0.369. The Kier molecular flexibility index (Phi) is 2.87. The number of carbonyl (C=O) groups is 1. The van der Waals surface area contributed by atoms with Crippen molar-refractivity contribution in [3.05, 3.63) is 29.8 Å². The highest BCUT2D eigenvalue weighted by molar-refractivity contribution is 5.93. The number of primary amides is 1. The van der Waals surface area contributed by atoms with Crippen LogP contribution in [0.5, 0.6) is 0 Å². The van der Waals surface area contributed by atoms with Crippen LogP contribution in [0.25, 0.3) is 0 Å². The predicted molar refractivity (Wildman–Crippen MR) is 60.0 cm³/mol. The molecule has 0 aliphatic carbocycles. The molecule has 1 heterocycles. The fourth-order valence-corrected chi connectivity index (χ4v) is 1.78. The van der Waals surface area contributed by atoms with Gasteiger partial charge in [0.05, 0.1) is 0 Å². The summed E-state index contributed by atoms with van der Waals surface area (Å²) in [5.74, 6) is -0.369. The van der Waals surface area contributed by atoms with Crippen molar-refractivity contribution >= 4 is 11.6 Å². The summed E-state index contributed by atoms with van der Waals surface area (Å²) in [7, 11) is 0. The summed E-state index contributed by atoms with van der Waals surface area (Å²) in [5, 5.41) is 3.29. The van der Waals surface area contributed by atoms with E-state index in [1.54, 1.807) is 6.07 Å². The third-order valence-electron chi connectivity index (χ3n) is 2.61. The number of nitrogens with one attached hydrogen (secondary N) is 1. The average Bonchev–Trinajstić information content (AvgIpc) is 2.30. The lowest BCUT2D eigenvalue weighted by molar-refractivity contribution is 0.100. The molecule has 80 valence electrons. The second-order valence-corrected chi connectivity index (χ2v) is 3.65. The molecule has 1 fully saturated rings. The molecule has 15 heavy (non-hydrogen) atoms. The molecule has 0 spiro atoms. The number of rotatable bonds is 2. The van der Waals surface area contributed by atoms with Crippen LogP contribution in [-0.4, -0.2) is 32.1 Å². The van der Waals surface area contributed by atoms with Gasteiger partial charge < -0.3 is 16.0 Å². The van der Waals surface area contributed by atoms with E-state index in [2.05, 4.69) is 10.2 Å². The van der Waals surface area contributed by atoms with Crippen LogP contribution in [0.2, 0.25) is 0 Å². The fraction of sp³-hybridized carbons (Fsp3) is 0.364. The zero-order valence-corrected chi connectivity index (χ0v) is 8.57. The molecule has 1 aromatic carbocycles. The average molecular weight is 205 g/mol. The molecule has 0 saturated carbocycles. The molecule has 0 unspecified atom stereocenters. The van der Waals surface area contributed by atoms with E-state index in [-0.39, 0.29) is 5.91 Å². The highest BCUT2D eigenvalue weighted by Crippen LogP contribution is 2.16. The minimum Gasteiger partial charge on any atom is -0.369 e. The van der Waals surface area contributed by atoms with E-state index in [9.17, 15) is 4.79 Å². The Morgan fingerprint density at radius 3 is 2.73 bits per heavy atom. The number of hydrogen-bond acceptors (Lipinski definition) is 3. The lowest BCUT2D eigenvalue weighted by atomic mass is 10.1. The maximum atomic E-state index is 11.0. The van der Waals surface area contributed by atoms with Crippen molar-refractivity contribution in [1.82, 2.24) is 5.32 Å². The van der Waals surface area contributed by atoms with Gasteiger partial charge in [-0.05, 0) is 18.2 Å². The second kappa shape index (κ2) is 4.31. The number of amides is 1. The lowest BCUT2D eigenvalue weighted by Crippen LogP contribution is -2.43. The largest absolute Gasteiger partial charge is 0.369 e. The van der Waals surface area contributed by atoms with Crippen molar-refractivity contribution in [3.8, 4) is 0 Å². The van der Waals surface area contributed by atoms with E-state index >= 15 is 0 Å². The first-order valence-electron chi connectivity index (χ1n) is 5.13. The first-order chi connectivity index (χ1) is 7.27. The van der Waals surface area contributed by atoms with Gasteiger partial charge in [-0.15, -0.1) is 0 Å². The number of nitrogens with two attached hydrogens (primary N) is 1. The monoisotopic (exact) mass is 205 g/mol. The Balaban J connectivity index is 2.19. The standard InChI is InChI=1S/C11H15N3O/c12-11(15)9-2-1-3-10(8-9)14-6-4-13-5-7-14/h1-3,8,13H,4-7H2,(H2,12,15). The summed E-state index contributed by atoms with van der Waals surface area (Å²) in [5.41, 5.74) is 6.89. The number of nitrogens with zero attached hydrogens (tertiary/aromatic N) is 1. The van der Waals surface area contributed by atoms with Crippen molar-refractivity contribution in [1.29, 1.82) is 0 Å². The van der Waals surface area contributed by atoms with Crippen LogP contribution < -0.4 is 16.0 Å². The molecule has 1 aliphatic rings. The fourth-order valence-electron chi connectivity index (χ4n) is 1.78. The Hall–Kier alpha value is -1.55. The molecular formula is C11H15N3O. The third kappa shape index (κ3) is 2.27. The van der Waals surface area contributed by atoms with Gasteiger partial charge in [-0.1, -0.05) is 6.07 Å². The van der Waals surface area contributed by atoms with E-state index in [4.69, 9.17) is 5.73 Å². The summed E-state index contributed by atoms with van der Waals surface area (Å²) in [6.07, 6.45) is 0. The van der Waals surface area contributed by atoms with Crippen LogP contribution in [0.15, 0.2) is 24.3 Å². The number of carbonyl (C=O) groups excluding carboxylic acids is 1. The van der Waals surface area contributed by atoms with Crippen molar-refractivity contribution in [2.45, 2.75) is 0 Å². The van der Waals surface area contributed by atoms with Gasteiger partial charge in [-0.25, -0.2) is 0 Å². The molecule has 3 N–H and O–H groups in total. The zero-order chi connectivity index (χ0) is 10.7. The summed E-state index contributed by atoms with van der Waals surface area (Å²) >= 11 is 0. The van der Waals surface area contributed by atoms with Gasteiger partial charge in [0.15, 0.2) is 0 Å². The highest BCUT2D eigenvalue weighted by atomic mass is 16.1. The van der Waals surface area contributed by atoms with Gasteiger partial charge in [0.25, 0.3) is 0 Å². The maximum absolute atomic E-state index is 11.0. The van der Waals surface area contributed by atoms with Crippen LogP contribution in [0.3, 0.4) is 0 Å². The molecule has 1 saturated heterocycles. The first kappa shape index (κ1) is 9.98. The molecule has 0 radical (unpaired) electrons. The van der Waals surface area contributed by atoms with Gasteiger partial charge in [0.2, 0.25) is 5.91 Å². The smallest absolute Gasteiger partial charge is 0.248 e. The summed E-state index contributed by atoms with van der Waals surface area (Å²) in [6.45, 7) is 3.92. The maximum Gasteiger partial charge on any atom is 0.248 e. The second-order valence-electron chi connectivity index (χ2n) is 3.65. The Bertz CT molecular complexity index is 359. The normalized spacial score (nSPS) is 16.4. The molecule has 1 aliphatic heterocycles. The van der Waals surface area contributed by atoms with Crippen LogP contribution in [0.1, 0.15) is 10.4 Å². The SMILES string of the molecule is NC(=O)c1cccc(N2CCNCC2)c1. The molecule has 2 rings (SSSR count). The van der Waals surface area contributed by atoms with Gasteiger partial charge in [0, 0.05) is 37.4 Å². The molecule has 1 aromatic rings. The van der Waals surface area contributed by atoms with E-state index in [0.29, 0.717) is 5.56 Å². The molecule has 0 atom stereocenters. The van der Waals surface area contributed by atoms with E-state index in [1.807, 2.05) is 18.2 Å². The summed E-state index contributed by atoms with van der Waals surface area (Å²) in [4.78, 5) is 13.3. The molecule has 0 bridgehead atoms. The van der Waals surface area contributed by atoms with Gasteiger partial charge in [0.1, 0.15) is 0 Å². The Labute approximate surface area is 89.1 Å². The zero-order valence-electron chi connectivity index (χ0n) is 8.57. The van der Waals surface area contributed by atoms with E-state index in [1.165, 1.54) is 0 Å². The van der Waals surface area contributed by atoms with Gasteiger partial charge >= 0.3 is 0 Å². The summed E-state index contributed by atoms with van der Waals surface area (Å²) in [6, 6.07) is 7.48. The van der Waals surface area contributed by atoms with Crippen molar-refractivity contribution in [2.75, 3.05) is 31.1 Å². The molecule has 0 aromatic heterocycles. The van der Waals surface area contributed by atoms with Crippen LogP contribution in [-0.2, 0) is 0 Å². The van der Waals surface area contributed by atoms with Crippen LogP contribution >= 0.6 is 0 Å².